The van der Waals surface area contributed by atoms with E-state index >= 15 is 0 Å². The van der Waals surface area contributed by atoms with Gasteiger partial charge in [0.05, 0.1) is 0 Å². The first kappa shape index (κ1) is 14.4. The highest BCUT2D eigenvalue weighted by molar-refractivity contribution is 7.10. The zero-order valence-electron chi connectivity index (χ0n) is 10.4. The second kappa shape index (κ2) is 8.47. The quantitative estimate of drug-likeness (QED) is 0.472. The molecule has 0 atom stereocenters. The summed E-state index contributed by atoms with van der Waals surface area (Å²) < 4.78 is 0. The second-order valence-corrected chi connectivity index (χ2v) is 4.82. The molecular weight excluding hydrogens is 248 g/mol. The van der Waals surface area contributed by atoms with Crippen molar-refractivity contribution in [1.82, 2.24) is 10.9 Å². The van der Waals surface area contributed by atoms with Gasteiger partial charge in [-0.15, -0.1) is 11.3 Å². The van der Waals surface area contributed by atoms with Crippen LogP contribution in [0.5, 0.6) is 0 Å². The van der Waals surface area contributed by atoms with Crippen molar-refractivity contribution in [1.29, 1.82) is 0 Å². The van der Waals surface area contributed by atoms with E-state index in [1.165, 1.54) is 6.08 Å². The molecule has 1 aromatic heterocycles. The topological polar surface area (TPSA) is 58.2 Å². The molecule has 5 heteroatoms. The Morgan fingerprint density at radius 1 is 1.33 bits per heavy atom. The first-order valence-electron chi connectivity index (χ1n) is 6.02. The average molecular weight is 266 g/mol. The van der Waals surface area contributed by atoms with Gasteiger partial charge >= 0.3 is 0 Å². The predicted molar refractivity (Wildman–Crippen MR) is 73.8 cm³/mol. The van der Waals surface area contributed by atoms with E-state index in [1.54, 1.807) is 17.4 Å². The van der Waals surface area contributed by atoms with Gasteiger partial charge in [0.25, 0.3) is 5.91 Å². The molecule has 2 amide bonds. The standard InChI is InChI=1S/C13H18N2O2S/c1-2-3-4-7-12(16)14-15-13(17)9-8-11-6-5-10-18-11/h5-6,8-10H,2-4,7H2,1H3,(H,14,16)(H,15,17)/b9-8+. The number of amides is 2. The van der Waals surface area contributed by atoms with E-state index < -0.39 is 0 Å². The van der Waals surface area contributed by atoms with Gasteiger partial charge in [0.1, 0.15) is 0 Å². The molecule has 0 bridgehead atoms. The van der Waals surface area contributed by atoms with Crippen LogP contribution < -0.4 is 10.9 Å². The first-order valence-corrected chi connectivity index (χ1v) is 6.90. The van der Waals surface area contributed by atoms with Crippen LogP contribution in [0, 0.1) is 0 Å². The monoisotopic (exact) mass is 266 g/mol. The fraction of sp³-hybridized carbons (Fsp3) is 0.385. The highest BCUT2D eigenvalue weighted by Gasteiger charge is 2.01. The summed E-state index contributed by atoms with van der Waals surface area (Å²) >= 11 is 1.55. The molecule has 0 saturated carbocycles. The summed E-state index contributed by atoms with van der Waals surface area (Å²) in [6.45, 7) is 2.08. The van der Waals surface area contributed by atoms with Crippen LogP contribution >= 0.6 is 11.3 Å². The molecule has 2 N–H and O–H groups in total. The fourth-order valence-corrected chi connectivity index (χ4v) is 1.93. The number of hydrogen-bond donors (Lipinski definition) is 2. The molecule has 0 aliphatic carbocycles. The molecule has 1 rings (SSSR count). The Bertz CT molecular complexity index is 399. The van der Waals surface area contributed by atoms with Crippen LogP contribution in [0.15, 0.2) is 23.6 Å². The SMILES string of the molecule is CCCCCC(=O)NNC(=O)/C=C/c1cccs1. The number of carbonyl (C=O) groups is 2. The third-order valence-electron chi connectivity index (χ3n) is 2.27. The minimum Gasteiger partial charge on any atom is -0.273 e. The smallest absolute Gasteiger partial charge is 0.262 e. The molecule has 0 unspecified atom stereocenters. The Morgan fingerprint density at radius 2 is 2.17 bits per heavy atom. The molecule has 0 aliphatic heterocycles. The number of carbonyl (C=O) groups excluding carboxylic acids is 2. The van der Waals surface area contributed by atoms with Gasteiger partial charge in [-0.25, -0.2) is 0 Å². The van der Waals surface area contributed by atoms with Gasteiger partial charge in [-0.3, -0.25) is 20.4 Å². The lowest BCUT2D eigenvalue weighted by Gasteiger charge is -2.04. The Kier molecular flexibility index (Phi) is 6.79. The largest absolute Gasteiger partial charge is 0.273 e. The van der Waals surface area contributed by atoms with Crippen LogP contribution in [-0.4, -0.2) is 11.8 Å². The molecule has 18 heavy (non-hydrogen) atoms. The number of rotatable bonds is 6. The lowest BCUT2D eigenvalue weighted by atomic mass is 10.2. The van der Waals surface area contributed by atoms with Crippen molar-refractivity contribution in [2.75, 3.05) is 0 Å². The molecule has 4 nitrogen and oxygen atoms in total. The van der Waals surface area contributed by atoms with Gasteiger partial charge in [0.2, 0.25) is 5.91 Å². The summed E-state index contributed by atoms with van der Waals surface area (Å²) in [5.41, 5.74) is 4.74. The molecule has 0 aromatic carbocycles. The Balaban J connectivity index is 2.18. The van der Waals surface area contributed by atoms with E-state index in [0.29, 0.717) is 6.42 Å². The lowest BCUT2D eigenvalue weighted by Crippen LogP contribution is -2.40. The van der Waals surface area contributed by atoms with Crippen molar-refractivity contribution in [3.63, 3.8) is 0 Å². The Hall–Kier alpha value is -1.62. The van der Waals surface area contributed by atoms with E-state index in [9.17, 15) is 9.59 Å². The number of thiophene rings is 1. The van der Waals surface area contributed by atoms with Crippen LogP contribution in [0.3, 0.4) is 0 Å². The van der Waals surface area contributed by atoms with Gasteiger partial charge in [-0.05, 0) is 23.9 Å². The summed E-state index contributed by atoms with van der Waals surface area (Å²) in [6, 6.07) is 3.83. The summed E-state index contributed by atoms with van der Waals surface area (Å²) in [5, 5.41) is 1.94. The van der Waals surface area contributed by atoms with E-state index in [1.807, 2.05) is 17.5 Å². The van der Waals surface area contributed by atoms with Gasteiger partial charge < -0.3 is 0 Å². The van der Waals surface area contributed by atoms with Crippen LogP contribution in [0.1, 0.15) is 37.5 Å². The normalized spacial score (nSPS) is 10.5. The molecule has 0 saturated heterocycles. The molecule has 0 aliphatic rings. The number of hydrazine groups is 1. The third-order valence-corrected chi connectivity index (χ3v) is 3.11. The zero-order chi connectivity index (χ0) is 13.2. The maximum Gasteiger partial charge on any atom is 0.262 e. The average Bonchev–Trinajstić information content (AvgIpc) is 2.87. The second-order valence-electron chi connectivity index (χ2n) is 3.84. The molecule has 0 spiro atoms. The summed E-state index contributed by atoms with van der Waals surface area (Å²) in [7, 11) is 0. The van der Waals surface area contributed by atoms with Crippen molar-refractivity contribution >= 4 is 29.2 Å². The zero-order valence-corrected chi connectivity index (χ0v) is 11.3. The minimum absolute atomic E-state index is 0.152. The van der Waals surface area contributed by atoms with E-state index in [-0.39, 0.29) is 11.8 Å². The maximum atomic E-state index is 11.4. The van der Waals surface area contributed by atoms with Crippen molar-refractivity contribution in [2.45, 2.75) is 32.6 Å². The first-order chi connectivity index (χ1) is 8.72. The van der Waals surface area contributed by atoms with Crippen molar-refractivity contribution in [3.05, 3.63) is 28.5 Å². The molecule has 98 valence electrons. The summed E-state index contributed by atoms with van der Waals surface area (Å²) in [5.74, 6) is -0.478. The third kappa shape index (κ3) is 6.20. The Morgan fingerprint density at radius 3 is 2.83 bits per heavy atom. The fourth-order valence-electron chi connectivity index (χ4n) is 1.31. The minimum atomic E-state index is -0.327. The van der Waals surface area contributed by atoms with E-state index in [4.69, 9.17) is 0 Å². The maximum absolute atomic E-state index is 11.4. The van der Waals surface area contributed by atoms with E-state index in [2.05, 4.69) is 17.8 Å². The number of nitrogens with one attached hydrogen (secondary N) is 2. The molecule has 1 aromatic rings. The van der Waals surface area contributed by atoms with Gasteiger partial charge in [0.15, 0.2) is 0 Å². The number of unbranched alkanes of at least 4 members (excludes halogenated alkanes) is 2. The summed E-state index contributed by atoms with van der Waals surface area (Å²) in [6.07, 6.45) is 6.51. The van der Waals surface area contributed by atoms with Crippen LogP contribution in [0.4, 0.5) is 0 Å². The van der Waals surface area contributed by atoms with Crippen molar-refractivity contribution in [3.8, 4) is 0 Å². The predicted octanol–water partition coefficient (Wildman–Crippen LogP) is 2.49. The van der Waals surface area contributed by atoms with Crippen molar-refractivity contribution < 1.29 is 9.59 Å². The molecule has 1 heterocycles. The highest BCUT2D eigenvalue weighted by atomic mass is 32.1. The number of hydrogen-bond acceptors (Lipinski definition) is 3. The summed E-state index contributed by atoms with van der Waals surface area (Å²) in [4.78, 5) is 23.7. The highest BCUT2D eigenvalue weighted by Crippen LogP contribution is 2.09. The van der Waals surface area contributed by atoms with Gasteiger partial charge in [-0.1, -0.05) is 25.8 Å². The van der Waals surface area contributed by atoms with Crippen molar-refractivity contribution in [2.24, 2.45) is 0 Å². The van der Waals surface area contributed by atoms with E-state index in [0.717, 1.165) is 24.1 Å². The van der Waals surface area contributed by atoms with Crippen LogP contribution in [0.25, 0.3) is 6.08 Å². The lowest BCUT2D eigenvalue weighted by molar-refractivity contribution is -0.126. The Labute approximate surface area is 111 Å². The van der Waals surface area contributed by atoms with Gasteiger partial charge in [-0.2, -0.15) is 0 Å². The van der Waals surface area contributed by atoms with Crippen LogP contribution in [0.2, 0.25) is 0 Å². The molecule has 0 radical (unpaired) electrons. The van der Waals surface area contributed by atoms with Gasteiger partial charge in [0, 0.05) is 17.4 Å². The van der Waals surface area contributed by atoms with Crippen LogP contribution in [-0.2, 0) is 9.59 Å². The molecular formula is C13H18N2O2S. The molecule has 0 fully saturated rings.